The predicted molar refractivity (Wildman–Crippen MR) is 130 cm³/mol. The van der Waals surface area contributed by atoms with Crippen molar-refractivity contribution in [1.29, 1.82) is 5.26 Å². The first-order chi connectivity index (χ1) is 17.0. The number of nitrogens with one attached hydrogen (secondary N) is 2. The maximum absolute atomic E-state index is 13.3. The summed E-state index contributed by atoms with van der Waals surface area (Å²) in [4.78, 5) is 31.3. The maximum atomic E-state index is 13.3. The molecule has 3 aliphatic rings. The minimum absolute atomic E-state index is 0.108. The molecule has 2 aromatic rings. The zero-order chi connectivity index (χ0) is 24.5. The fourth-order valence-electron chi connectivity index (χ4n) is 4.57. The number of hydrazine groups is 1. The first kappa shape index (κ1) is 23.4. The van der Waals surface area contributed by atoms with Gasteiger partial charge in [-0.3, -0.25) is 20.0 Å². The molecule has 180 valence electrons. The van der Waals surface area contributed by atoms with Crippen LogP contribution < -0.4 is 15.5 Å². The van der Waals surface area contributed by atoms with Crippen LogP contribution in [0.4, 0.5) is 0 Å². The number of carbonyl (C=O) groups is 2. The van der Waals surface area contributed by atoms with Gasteiger partial charge in [-0.05, 0) is 56.0 Å². The Labute approximate surface area is 207 Å². The maximum Gasteiger partial charge on any atom is 0.268 e. The lowest BCUT2D eigenvalue weighted by Crippen LogP contribution is -2.43. The zero-order valence-electron chi connectivity index (χ0n) is 19.5. The van der Waals surface area contributed by atoms with Crippen LogP contribution in [0, 0.1) is 18.3 Å². The third-order valence-corrected chi connectivity index (χ3v) is 7.39. The van der Waals surface area contributed by atoms with E-state index < -0.39 is 0 Å². The summed E-state index contributed by atoms with van der Waals surface area (Å²) in [5, 5.41) is 12.7. The van der Waals surface area contributed by atoms with Crippen molar-refractivity contribution in [2.45, 2.75) is 38.3 Å². The summed E-state index contributed by atoms with van der Waals surface area (Å²) in [5.74, 6) is 0.348. The molecule has 10 heteroatoms. The van der Waals surface area contributed by atoms with Crippen LogP contribution >= 0.6 is 11.9 Å². The Morgan fingerprint density at radius 2 is 2.20 bits per heavy atom. The number of amides is 1. The van der Waals surface area contributed by atoms with E-state index in [1.807, 2.05) is 13.0 Å². The summed E-state index contributed by atoms with van der Waals surface area (Å²) in [5.41, 5.74) is 6.75. The van der Waals surface area contributed by atoms with Crippen LogP contribution in [-0.2, 0) is 9.53 Å². The number of ketones is 1. The minimum atomic E-state index is -0.322. The molecule has 1 aromatic carbocycles. The molecule has 35 heavy (non-hydrogen) atoms. The molecule has 1 amide bonds. The Kier molecular flexibility index (Phi) is 6.47. The Hall–Kier alpha value is -3.39. The molecule has 0 aliphatic carbocycles. The van der Waals surface area contributed by atoms with Gasteiger partial charge >= 0.3 is 0 Å². The molecule has 0 radical (unpaired) electrons. The van der Waals surface area contributed by atoms with Gasteiger partial charge in [0.1, 0.15) is 11.9 Å². The molecule has 2 atom stereocenters. The number of pyridine rings is 1. The summed E-state index contributed by atoms with van der Waals surface area (Å²) >= 11 is 1.42. The molecular formula is C25H25N5O4S. The highest BCUT2D eigenvalue weighted by Gasteiger charge is 2.39. The second kappa shape index (κ2) is 9.70. The van der Waals surface area contributed by atoms with Crippen molar-refractivity contribution in [1.82, 2.24) is 20.1 Å². The molecule has 0 saturated carbocycles. The number of hydrogen-bond acceptors (Lipinski definition) is 9. The minimum Gasteiger partial charge on any atom is -0.496 e. The number of ether oxygens (including phenoxy) is 2. The molecule has 1 fully saturated rings. The number of carbonyl (C=O) groups excluding carboxylic acids is 2. The highest BCUT2D eigenvalue weighted by Crippen LogP contribution is 2.39. The molecule has 0 bridgehead atoms. The van der Waals surface area contributed by atoms with Crippen molar-refractivity contribution in [2.75, 3.05) is 20.3 Å². The Bertz CT molecular complexity index is 1250. The topological polar surface area (TPSA) is 117 Å². The Morgan fingerprint density at radius 1 is 1.34 bits per heavy atom. The van der Waals surface area contributed by atoms with E-state index in [0.717, 1.165) is 29.1 Å². The van der Waals surface area contributed by atoms with Crippen LogP contribution in [0.25, 0.3) is 11.1 Å². The second-order valence-corrected chi connectivity index (χ2v) is 9.79. The number of benzene rings is 1. The molecule has 3 aliphatic heterocycles. The largest absolute Gasteiger partial charge is 0.496 e. The van der Waals surface area contributed by atoms with E-state index in [1.54, 1.807) is 29.7 Å². The van der Waals surface area contributed by atoms with Crippen LogP contribution in [-0.4, -0.2) is 53.5 Å². The summed E-state index contributed by atoms with van der Waals surface area (Å²) < 4.78 is 12.8. The second-order valence-electron chi connectivity index (χ2n) is 8.67. The van der Waals surface area contributed by atoms with Gasteiger partial charge in [-0.15, -0.1) is 0 Å². The van der Waals surface area contributed by atoms with Gasteiger partial charge in [0.25, 0.3) is 5.91 Å². The number of nitrogens with zero attached hydrogens (tertiary/aromatic N) is 3. The van der Waals surface area contributed by atoms with E-state index in [2.05, 4.69) is 21.8 Å². The molecule has 1 unspecified atom stereocenters. The lowest BCUT2D eigenvalue weighted by molar-refractivity contribution is -0.129. The normalized spacial score (nSPS) is 21.4. The van der Waals surface area contributed by atoms with Gasteiger partial charge in [0, 0.05) is 46.6 Å². The van der Waals surface area contributed by atoms with Crippen molar-refractivity contribution in [3.63, 3.8) is 0 Å². The Morgan fingerprint density at radius 3 is 2.91 bits per heavy atom. The number of Topliss-reactive ketones (excluding diaryl/α,β-unsaturated/α-hetero) is 1. The third-order valence-electron chi connectivity index (χ3n) is 6.32. The van der Waals surface area contributed by atoms with Crippen molar-refractivity contribution < 1.29 is 19.1 Å². The highest BCUT2D eigenvalue weighted by molar-refractivity contribution is 8.01. The summed E-state index contributed by atoms with van der Waals surface area (Å²) in [6.07, 6.45) is 3.53. The lowest BCUT2D eigenvalue weighted by Gasteiger charge is -2.22. The van der Waals surface area contributed by atoms with Crippen LogP contribution in [0.15, 0.2) is 41.1 Å². The fraction of sp³-hybridized carbons (Fsp3) is 0.360. The Balaban J connectivity index is 1.29. The third kappa shape index (κ3) is 4.62. The van der Waals surface area contributed by atoms with Gasteiger partial charge < -0.3 is 14.8 Å². The van der Waals surface area contributed by atoms with E-state index in [9.17, 15) is 14.9 Å². The number of aryl methyl sites for hydroxylation is 1. The average molecular weight is 492 g/mol. The van der Waals surface area contributed by atoms with Crippen molar-refractivity contribution in [2.24, 2.45) is 0 Å². The lowest BCUT2D eigenvalue weighted by atomic mass is 9.97. The summed E-state index contributed by atoms with van der Waals surface area (Å²) in [6.45, 7) is 2.95. The first-order valence-corrected chi connectivity index (χ1v) is 12.2. The van der Waals surface area contributed by atoms with E-state index >= 15 is 0 Å². The standard InChI is InChI=1S/C25H25N5O4S/c1-14-8-16(17-9-15(11-26)5-6-21(17)33-2)18(12-27-14)25(32)29-30-13-20-23(35-30)10-19(28-20)24(31)22-4-3-7-34-22/h5-6,8-9,12,19,22,28H,3-4,7,10,13H2,1-2H3,(H,29,32)/t19-,22?/m0/s1. The summed E-state index contributed by atoms with van der Waals surface area (Å²) in [6, 6.07) is 8.79. The number of rotatable bonds is 6. The number of hydrogen-bond donors (Lipinski definition) is 2. The van der Waals surface area contributed by atoms with E-state index in [-0.39, 0.29) is 23.8 Å². The molecule has 1 saturated heterocycles. The van der Waals surface area contributed by atoms with Crippen LogP contribution in [0.5, 0.6) is 5.75 Å². The molecule has 2 N–H and O–H groups in total. The molecular weight excluding hydrogens is 466 g/mol. The van der Waals surface area contributed by atoms with Gasteiger partial charge in [0.2, 0.25) is 0 Å². The van der Waals surface area contributed by atoms with Crippen molar-refractivity contribution in [3.8, 4) is 22.9 Å². The molecule has 5 rings (SSSR count). The van der Waals surface area contributed by atoms with Crippen LogP contribution in [0.1, 0.15) is 40.9 Å². The van der Waals surface area contributed by atoms with Gasteiger partial charge in [0.05, 0.1) is 36.9 Å². The van der Waals surface area contributed by atoms with Gasteiger partial charge in [-0.25, -0.2) is 0 Å². The highest BCUT2D eigenvalue weighted by atomic mass is 32.2. The van der Waals surface area contributed by atoms with E-state index in [0.29, 0.717) is 47.6 Å². The van der Waals surface area contributed by atoms with Crippen molar-refractivity contribution >= 4 is 23.6 Å². The molecule has 1 aromatic heterocycles. The summed E-state index contributed by atoms with van der Waals surface area (Å²) in [7, 11) is 1.55. The zero-order valence-corrected chi connectivity index (χ0v) is 20.3. The molecule has 0 spiro atoms. The van der Waals surface area contributed by atoms with E-state index in [1.165, 1.54) is 18.1 Å². The van der Waals surface area contributed by atoms with Crippen LogP contribution in [0.3, 0.4) is 0 Å². The van der Waals surface area contributed by atoms with Gasteiger partial charge in [-0.1, -0.05) is 0 Å². The van der Waals surface area contributed by atoms with Crippen molar-refractivity contribution in [3.05, 3.63) is 57.9 Å². The molecule has 9 nitrogen and oxygen atoms in total. The van der Waals surface area contributed by atoms with Gasteiger partial charge in [-0.2, -0.15) is 9.68 Å². The number of aromatic nitrogens is 1. The SMILES string of the molecule is COc1ccc(C#N)cc1-c1cc(C)ncc1C(=O)NN1CC2=C(C[C@@H](C(=O)C3CCCO3)N2)S1. The smallest absolute Gasteiger partial charge is 0.268 e. The average Bonchev–Trinajstić information content (AvgIpc) is 3.60. The monoisotopic (exact) mass is 491 g/mol. The molecule has 4 heterocycles. The number of nitriles is 1. The first-order valence-electron chi connectivity index (χ1n) is 11.4. The predicted octanol–water partition coefficient (Wildman–Crippen LogP) is 2.87. The van der Waals surface area contributed by atoms with E-state index in [4.69, 9.17) is 9.47 Å². The van der Waals surface area contributed by atoms with Gasteiger partial charge in [0.15, 0.2) is 5.78 Å². The number of methoxy groups -OCH3 is 1. The van der Waals surface area contributed by atoms with Crippen LogP contribution in [0.2, 0.25) is 0 Å². The quantitative estimate of drug-likeness (QED) is 0.588. The fourth-order valence-corrected chi connectivity index (χ4v) is 5.63.